The third-order valence-corrected chi connectivity index (χ3v) is 5.45. The van der Waals surface area contributed by atoms with Crippen molar-refractivity contribution in [1.82, 2.24) is 10.6 Å². The third kappa shape index (κ3) is 7.71. The Kier molecular flexibility index (Phi) is 9.24. The molecule has 0 radical (unpaired) electrons. The topological polar surface area (TPSA) is 92.6 Å². The number of carbonyl (C=O) groups excluding carboxylic acids is 2. The second kappa shape index (κ2) is 12.3. The number of nitrogens with one attached hydrogen (secondary N) is 3. The van der Waals surface area contributed by atoms with Crippen molar-refractivity contribution in [3.8, 4) is 5.75 Å². The molecule has 0 unspecified atom stereocenters. The van der Waals surface area contributed by atoms with Gasteiger partial charge in [0.15, 0.2) is 5.11 Å². The highest BCUT2D eigenvalue weighted by Crippen LogP contribution is 2.24. The first-order valence-electron chi connectivity index (χ1n) is 10.8. The van der Waals surface area contributed by atoms with Gasteiger partial charge >= 0.3 is 0 Å². The largest absolute Gasteiger partial charge is 0.493 e. The average molecular weight is 544 g/mol. The number of rotatable bonds is 9. The van der Waals surface area contributed by atoms with Crippen LogP contribution in [0.2, 0.25) is 0 Å². The number of hydrogen-bond acceptors (Lipinski definition) is 5. The standard InChI is InChI=1S/C25H26BrN3O4S/c1-16(2)10-12-33-22-9-8-18(26)14-21(22)24(31)29-25(34)28-19-6-3-5-17(13-19)23(30)27-15-20-7-4-11-32-20/h3-9,11,13-14,16H,10,12,15H2,1-2H3,(H,27,30)(H2,28,29,31,34). The molecule has 0 atom stereocenters. The molecule has 34 heavy (non-hydrogen) atoms. The zero-order valence-corrected chi connectivity index (χ0v) is 21.3. The maximum atomic E-state index is 12.9. The van der Waals surface area contributed by atoms with Gasteiger partial charge in [-0.15, -0.1) is 0 Å². The maximum Gasteiger partial charge on any atom is 0.261 e. The predicted octanol–water partition coefficient (Wildman–Crippen LogP) is 5.52. The smallest absolute Gasteiger partial charge is 0.261 e. The zero-order chi connectivity index (χ0) is 24.5. The molecular weight excluding hydrogens is 518 g/mol. The van der Waals surface area contributed by atoms with Crippen molar-refractivity contribution in [2.45, 2.75) is 26.8 Å². The van der Waals surface area contributed by atoms with Crippen molar-refractivity contribution in [1.29, 1.82) is 0 Å². The fourth-order valence-corrected chi connectivity index (χ4v) is 3.54. The van der Waals surface area contributed by atoms with Crippen molar-refractivity contribution < 1.29 is 18.7 Å². The summed E-state index contributed by atoms with van der Waals surface area (Å²) in [6.45, 7) is 5.02. The molecule has 0 aliphatic carbocycles. The maximum absolute atomic E-state index is 12.9. The summed E-state index contributed by atoms with van der Waals surface area (Å²) in [7, 11) is 0. The van der Waals surface area contributed by atoms with Gasteiger partial charge in [-0.05, 0) is 73.1 Å². The number of furan rings is 1. The Bertz CT molecular complexity index is 1150. The van der Waals surface area contributed by atoms with E-state index in [0.29, 0.717) is 40.8 Å². The van der Waals surface area contributed by atoms with Gasteiger partial charge in [0.25, 0.3) is 11.8 Å². The summed E-state index contributed by atoms with van der Waals surface area (Å²) in [4.78, 5) is 25.3. The minimum atomic E-state index is -0.398. The third-order valence-electron chi connectivity index (χ3n) is 4.75. The quantitative estimate of drug-likeness (QED) is 0.307. The van der Waals surface area contributed by atoms with E-state index in [1.165, 1.54) is 0 Å². The number of anilines is 1. The van der Waals surface area contributed by atoms with Crippen molar-refractivity contribution in [2.75, 3.05) is 11.9 Å². The molecule has 1 heterocycles. The molecule has 1 aromatic heterocycles. The van der Waals surface area contributed by atoms with Gasteiger partial charge in [0.2, 0.25) is 0 Å². The number of carbonyl (C=O) groups is 2. The second-order valence-corrected chi connectivity index (χ2v) is 9.25. The van der Waals surface area contributed by atoms with Crippen LogP contribution in [-0.2, 0) is 6.54 Å². The SMILES string of the molecule is CC(C)CCOc1ccc(Br)cc1C(=O)NC(=S)Nc1cccc(C(=O)NCc2ccco2)c1. The van der Waals surface area contributed by atoms with E-state index < -0.39 is 5.91 Å². The zero-order valence-electron chi connectivity index (χ0n) is 18.9. The molecule has 0 aliphatic rings. The number of amides is 2. The van der Waals surface area contributed by atoms with Crippen molar-refractivity contribution in [2.24, 2.45) is 5.92 Å². The van der Waals surface area contributed by atoms with Crippen LogP contribution >= 0.6 is 28.1 Å². The van der Waals surface area contributed by atoms with Crippen molar-refractivity contribution in [3.63, 3.8) is 0 Å². The highest BCUT2D eigenvalue weighted by Gasteiger charge is 2.16. The van der Waals surface area contributed by atoms with Crippen LogP contribution in [0.3, 0.4) is 0 Å². The molecule has 7 nitrogen and oxygen atoms in total. The van der Waals surface area contributed by atoms with E-state index in [0.717, 1.165) is 10.9 Å². The Morgan fingerprint density at radius 2 is 1.91 bits per heavy atom. The first kappa shape index (κ1) is 25.5. The molecular formula is C25H26BrN3O4S. The van der Waals surface area contributed by atoms with E-state index in [-0.39, 0.29) is 17.6 Å². The summed E-state index contributed by atoms with van der Waals surface area (Å²) in [5.41, 5.74) is 1.38. The lowest BCUT2D eigenvalue weighted by atomic mass is 10.1. The molecule has 3 aromatic rings. The van der Waals surface area contributed by atoms with Crippen LogP contribution in [0.25, 0.3) is 0 Å². The summed E-state index contributed by atoms with van der Waals surface area (Å²) in [6, 6.07) is 15.6. The molecule has 9 heteroatoms. The number of benzene rings is 2. The van der Waals surface area contributed by atoms with Crippen LogP contribution in [0.15, 0.2) is 69.8 Å². The van der Waals surface area contributed by atoms with Gasteiger partial charge < -0.3 is 19.8 Å². The van der Waals surface area contributed by atoms with E-state index in [1.807, 2.05) is 6.07 Å². The number of hydrogen-bond donors (Lipinski definition) is 3. The van der Waals surface area contributed by atoms with E-state index >= 15 is 0 Å². The minimum absolute atomic E-state index is 0.103. The Morgan fingerprint density at radius 3 is 2.65 bits per heavy atom. The Balaban J connectivity index is 1.60. The molecule has 0 fully saturated rings. The monoisotopic (exact) mass is 543 g/mol. The molecule has 3 rings (SSSR count). The first-order valence-corrected chi connectivity index (χ1v) is 12.0. The van der Waals surface area contributed by atoms with Gasteiger partial charge in [0, 0.05) is 15.7 Å². The number of thiocarbonyl (C=S) groups is 1. The second-order valence-electron chi connectivity index (χ2n) is 7.92. The molecule has 0 bridgehead atoms. The molecule has 2 amide bonds. The predicted molar refractivity (Wildman–Crippen MR) is 139 cm³/mol. The van der Waals surface area contributed by atoms with Crippen LogP contribution in [-0.4, -0.2) is 23.5 Å². The Hall–Kier alpha value is -3.17. The number of ether oxygens (including phenoxy) is 1. The average Bonchev–Trinajstić information content (AvgIpc) is 3.32. The summed E-state index contributed by atoms with van der Waals surface area (Å²) in [5, 5.41) is 8.51. The van der Waals surface area contributed by atoms with Crippen LogP contribution in [0.4, 0.5) is 5.69 Å². The van der Waals surface area contributed by atoms with Gasteiger partial charge in [-0.2, -0.15) is 0 Å². The van der Waals surface area contributed by atoms with Crippen LogP contribution in [0, 0.1) is 5.92 Å². The highest BCUT2D eigenvalue weighted by atomic mass is 79.9. The van der Waals surface area contributed by atoms with Gasteiger partial charge in [-0.1, -0.05) is 35.8 Å². The van der Waals surface area contributed by atoms with Crippen molar-refractivity contribution in [3.05, 3.63) is 82.2 Å². The van der Waals surface area contributed by atoms with Gasteiger partial charge in [0.05, 0.1) is 25.0 Å². The summed E-state index contributed by atoms with van der Waals surface area (Å²) in [5.74, 6) is 0.983. The molecule has 178 valence electrons. The fourth-order valence-electron chi connectivity index (χ4n) is 2.96. The van der Waals surface area contributed by atoms with Gasteiger partial charge in [-0.25, -0.2) is 0 Å². The molecule has 2 aromatic carbocycles. The van der Waals surface area contributed by atoms with E-state index in [9.17, 15) is 9.59 Å². The van der Waals surface area contributed by atoms with E-state index in [1.54, 1.807) is 54.8 Å². The van der Waals surface area contributed by atoms with Gasteiger partial charge in [-0.3, -0.25) is 14.9 Å². The summed E-state index contributed by atoms with van der Waals surface area (Å²) in [6.07, 6.45) is 2.43. The Labute approximate surface area is 212 Å². The fraction of sp³-hybridized carbons (Fsp3) is 0.240. The van der Waals surface area contributed by atoms with Crippen LogP contribution < -0.4 is 20.7 Å². The lowest BCUT2D eigenvalue weighted by Gasteiger charge is -2.14. The van der Waals surface area contributed by atoms with Crippen LogP contribution in [0.5, 0.6) is 5.75 Å². The van der Waals surface area contributed by atoms with E-state index in [2.05, 4.69) is 45.7 Å². The highest BCUT2D eigenvalue weighted by molar-refractivity contribution is 9.10. The lowest BCUT2D eigenvalue weighted by Crippen LogP contribution is -2.34. The summed E-state index contributed by atoms with van der Waals surface area (Å²) < 4.78 is 11.8. The number of halogens is 1. The Morgan fingerprint density at radius 1 is 1.09 bits per heavy atom. The summed E-state index contributed by atoms with van der Waals surface area (Å²) >= 11 is 8.71. The molecule has 0 saturated heterocycles. The lowest BCUT2D eigenvalue weighted by molar-refractivity contribution is 0.0945. The molecule has 0 aliphatic heterocycles. The normalized spacial score (nSPS) is 10.6. The molecule has 0 saturated carbocycles. The molecule has 3 N–H and O–H groups in total. The first-order chi connectivity index (χ1) is 16.3. The van der Waals surface area contributed by atoms with Crippen LogP contribution in [0.1, 0.15) is 46.7 Å². The molecule has 0 spiro atoms. The minimum Gasteiger partial charge on any atom is -0.493 e. The van der Waals surface area contributed by atoms with E-state index in [4.69, 9.17) is 21.4 Å². The van der Waals surface area contributed by atoms with Crippen molar-refractivity contribution >= 4 is 50.8 Å². The van der Waals surface area contributed by atoms with Gasteiger partial charge in [0.1, 0.15) is 11.5 Å².